The number of ether oxygens (including phenoxy) is 1. The van der Waals surface area contributed by atoms with Crippen LogP contribution >= 0.6 is 0 Å². The molecule has 15 heavy (non-hydrogen) atoms. The summed E-state index contributed by atoms with van der Waals surface area (Å²) in [6, 6.07) is 5.70. The van der Waals surface area contributed by atoms with Crippen molar-refractivity contribution in [1.82, 2.24) is 0 Å². The van der Waals surface area contributed by atoms with Crippen molar-refractivity contribution in [3.05, 3.63) is 35.4 Å². The van der Waals surface area contributed by atoms with Gasteiger partial charge in [0.05, 0.1) is 18.8 Å². The van der Waals surface area contributed by atoms with Gasteiger partial charge in [0, 0.05) is 5.41 Å². The molecule has 1 nitrogen and oxygen atoms in total. The summed E-state index contributed by atoms with van der Waals surface area (Å²) in [6.45, 7) is 2.52. The number of alkyl halides is 3. The molecule has 0 amide bonds. The summed E-state index contributed by atoms with van der Waals surface area (Å²) in [5.74, 6) is 0. The van der Waals surface area contributed by atoms with Crippen molar-refractivity contribution in [2.24, 2.45) is 0 Å². The molecule has 1 fully saturated rings. The first-order chi connectivity index (χ1) is 6.93. The summed E-state index contributed by atoms with van der Waals surface area (Å²) in [4.78, 5) is 0. The van der Waals surface area contributed by atoms with E-state index in [1.54, 1.807) is 13.0 Å². The fourth-order valence-electron chi connectivity index (χ4n) is 1.82. The minimum Gasteiger partial charge on any atom is -0.379 e. The Labute approximate surface area is 85.9 Å². The van der Waals surface area contributed by atoms with E-state index in [1.807, 2.05) is 0 Å². The molecule has 2 rings (SSSR count). The average molecular weight is 216 g/mol. The highest BCUT2D eigenvalue weighted by molar-refractivity contribution is 5.37. The molecule has 0 N–H and O–H groups in total. The highest BCUT2D eigenvalue weighted by atomic mass is 19.4. The van der Waals surface area contributed by atoms with Crippen LogP contribution in [0, 0.1) is 0 Å². The lowest BCUT2D eigenvalue weighted by atomic mass is 9.78. The van der Waals surface area contributed by atoms with Crippen LogP contribution in [-0.2, 0) is 16.3 Å². The maximum Gasteiger partial charge on any atom is 0.416 e. The Morgan fingerprint density at radius 1 is 1.20 bits per heavy atom. The van der Waals surface area contributed by atoms with Gasteiger partial charge in [-0.3, -0.25) is 0 Å². The van der Waals surface area contributed by atoms with Crippen molar-refractivity contribution < 1.29 is 17.9 Å². The van der Waals surface area contributed by atoms with Crippen LogP contribution in [-0.4, -0.2) is 13.2 Å². The summed E-state index contributed by atoms with van der Waals surface area (Å²) < 4.78 is 43.1. The zero-order valence-electron chi connectivity index (χ0n) is 8.27. The summed E-state index contributed by atoms with van der Waals surface area (Å²) in [6.07, 6.45) is -4.28. The van der Waals surface area contributed by atoms with Gasteiger partial charge in [0.2, 0.25) is 0 Å². The first kappa shape index (κ1) is 10.5. The summed E-state index contributed by atoms with van der Waals surface area (Å²) in [7, 11) is 0. The Bertz CT molecular complexity index is 366. The van der Waals surface area contributed by atoms with Gasteiger partial charge in [0.15, 0.2) is 0 Å². The molecule has 0 spiro atoms. The number of halogens is 3. The Kier molecular flexibility index (Phi) is 2.26. The zero-order valence-corrected chi connectivity index (χ0v) is 8.27. The van der Waals surface area contributed by atoms with Gasteiger partial charge in [-0.2, -0.15) is 13.2 Å². The quantitative estimate of drug-likeness (QED) is 0.701. The van der Waals surface area contributed by atoms with Crippen LogP contribution in [0.15, 0.2) is 24.3 Å². The average Bonchev–Trinajstić information content (AvgIpc) is 2.13. The molecular weight excluding hydrogens is 205 g/mol. The first-order valence-corrected chi connectivity index (χ1v) is 4.68. The molecule has 0 unspecified atom stereocenters. The summed E-state index contributed by atoms with van der Waals surface area (Å²) in [5, 5.41) is 0. The molecule has 82 valence electrons. The molecule has 1 aromatic rings. The highest BCUT2D eigenvalue weighted by Gasteiger charge is 2.42. The van der Waals surface area contributed by atoms with Gasteiger partial charge < -0.3 is 4.74 Å². The number of rotatable bonds is 1. The van der Waals surface area contributed by atoms with E-state index in [4.69, 9.17) is 4.74 Å². The van der Waals surface area contributed by atoms with Crippen LogP contribution < -0.4 is 0 Å². The minimum atomic E-state index is -4.28. The lowest BCUT2D eigenvalue weighted by molar-refractivity contribution is -0.141. The number of benzene rings is 1. The number of hydrogen-bond acceptors (Lipinski definition) is 1. The van der Waals surface area contributed by atoms with Gasteiger partial charge in [0.1, 0.15) is 0 Å². The normalized spacial score (nSPS) is 19.7. The van der Waals surface area contributed by atoms with Gasteiger partial charge in [-0.25, -0.2) is 0 Å². The molecule has 0 saturated carbocycles. The maximum absolute atomic E-state index is 12.7. The topological polar surface area (TPSA) is 9.23 Å². The third kappa shape index (κ3) is 1.74. The SMILES string of the molecule is CC1(c2ccccc2C(F)(F)F)COC1. The molecule has 1 saturated heterocycles. The van der Waals surface area contributed by atoms with Gasteiger partial charge >= 0.3 is 6.18 Å². The monoisotopic (exact) mass is 216 g/mol. The maximum atomic E-state index is 12.7. The van der Waals surface area contributed by atoms with Gasteiger partial charge in [-0.15, -0.1) is 0 Å². The van der Waals surface area contributed by atoms with Crippen molar-refractivity contribution in [3.8, 4) is 0 Å². The van der Waals surface area contributed by atoms with E-state index in [9.17, 15) is 13.2 Å². The van der Waals surface area contributed by atoms with E-state index in [0.717, 1.165) is 6.07 Å². The Balaban J connectivity index is 2.47. The number of hydrogen-bond donors (Lipinski definition) is 0. The lowest BCUT2D eigenvalue weighted by Gasteiger charge is -2.39. The van der Waals surface area contributed by atoms with Crippen LogP contribution in [0.25, 0.3) is 0 Å². The molecular formula is C11H11F3O. The van der Waals surface area contributed by atoms with Crippen LogP contribution in [0.3, 0.4) is 0 Å². The van der Waals surface area contributed by atoms with Crippen molar-refractivity contribution in [1.29, 1.82) is 0 Å². The van der Waals surface area contributed by atoms with E-state index < -0.39 is 17.2 Å². The van der Waals surface area contributed by atoms with Crippen molar-refractivity contribution in [2.75, 3.05) is 13.2 Å². The first-order valence-electron chi connectivity index (χ1n) is 4.68. The Morgan fingerprint density at radius 3 is 2.27 bits per heavy atom. The standard InChI is InChI=1S/C11H11F3O/c1-10(6-15-7-10)8-4-2-3-5-9(8)11(12,13)14/h2-5H,6-7H2,1H3. The van der Waals surface area contributed by atoms with E-state index in [0.29, 0.717) is 18.8 Å². The molecule has 0 bridgehead atoms. The van der Waals surface area contributed by atoms with Crippen LogP contribution in [0.2, 0.25) is 0 Å². The molecule has 4 heteroatoms. The third-order valence-corrected chi connectivity index (χ3v) is 2.72. The van der Waals surface area contributed by atoms with Gasteiger partial charge in [-0.1, -0.05) is 25.1 Å². The molecule has 1 aliphatic rings. The molecule has 0 aromatic heterocycles. The fraction of sp³-hybridized carbons (Fsp3) is 0.455. The molecule has 1 heterocycles. The van der Waals surface area contributed by atoms with Crippen LogP contribution in [0.1, 0.15) is 18.1 Å². The zero-order chi connectivity index (χ0) is 11.1. The molecule has 1 aliphatic heterocycles. The predicted octanol–water partition coefficient (Wildman–Crippen LogP) is 2.99. The second-order valence-electron chi connectivity index (χ2n) is 4.10. The van der Waals surface area contributed by atoms with Crippen LogP contribution in [0.5, 0.6) is 0 Å². The Hall–Kier alpha value is -1.03. The van der Waals surface area contributed by atoms with E-state index >= 15 is 0 Å². The van der Waals surface area contributed by atoms with Gasteiger partial charge in [0.25, 0.3) is 0 Å². The largest absolute Gasteiger partial charge is 0.416 e. The lowest BCUT2D eigenvalue weighted by Crippen LogP contribution is -2.45. The molecule has 0 aliphatic carbocycles. The van der Waals surface area contributed by atoms with Crippen molar-refractivity contribution in [2.45, 2.75) is 18.5 Å². The third-order valence-electron chi connectivity index (χ3n) is 2.72. The highest BCUT2D eigenvalue weighted by Crippen LogP contribution is 2.40. The fourth-order valence-corrected chi connectivity index (χ4v) is 1.82. The van der Waals surface area contributed by atoms with E-state index in [-0.39, 0.29) is 0 Å². The summed E-state index contributed by atoms with van der Waals surface area (Å²) in [5.41, 5.74) is -0.689. The molecule has 0 radical (unpaired) electrons. The Morgan fingerprint density at radius 2 is 1.80 bits per heavy atom. The minimum absolute atomic E-state index is 0.337. The van der Waals surface area contributed by atoms with Crippen molar-refractivity contribution in [3.63, 3.8) is 0 Å². The smallest absolute Gasteiger partial charge is 0.379 e. The van der Waals surface area contributed by atoms with E-state index in [1.165, 1.54) is 12.1 Å². The molecule has 0 atom stereocenters. The summed E-state index contributed by atoms with van der Waals surface area (Å²) >= 11 is 0. The van der Waals surface area contributed by atoms with Crippen molar-refractivity contribution >= 4 is 0 Å². The second kappa shape index (κ2) is 3.23. The second-order valence-corrected chi connectivity index (χ2v) is 4.10. The van der Waals surface area contributed by atoms with E-state index in [2.05, 4.69) is 0 Å². The van der Waals surface area contributed by atoms with Crippen LogP contribution in [0.4, 0.5) is 13.2 Å². The van der Waals surface area contributed by atoms with Gasteiger partial charge in [-0.05, 0) is 11.6 Å². The predicted molar refractivity (Wildman–Crippen MR) is 49.6 cm³/mol. The molecule has 1 aromatic carbocycles.